The molecule has 7 heteroatoms. The molecule has 0 saturated heterocycles. The molecule has 0 saturated carbocycles. The smallest absolute Gasteiger partial charge is 0.329 e. The molecule has 0 spiro atoms. The van der Waals surface area contributed by atoms with E-state index in [0.29, 0.717) is 0 Å². The second-order valence-electron chi connectivity index (χ2n) is 2.42. The van der Waals surface area contributed by atoms with Crippen molar-refractivity contribution in [3.05, 3.63) is 10.6 Å². The lowest BCUT2D eigenvalue weighted by atomic mass is 10.4. The Balaban J connectivity index is 3.70. The Bertz CT molecular complexity index is 253. The van der Waals surface area contributed by atoms with Gasteiger partial charge >= 0.3 is 5.97 Å². The molecule has 0 aromatic heterocycles. The summed E-state index contributed by atoms with van der Waals surface area (Å²) in [6.07, 6.45) is 0.754. The largest absolute Gasteiger partial charge is 0.478 e. The summed E-state index contributed by atoms with van der Waals surface area (Å²) in [6, 6.07) is 0. The third kappa shape index (κ3) is 8.10. The molecule has 0 unspecified atom stereocenters. The van der Waals surface area contributed by atoms with Gasteiger partial charge in [0, 0.05) is 12.6 Å². The van der Waals surface area contributed by atoms with Crippen LogP contribution in [0.1, 0.15) is 0 Å². The molecule has 0 rings (SSSR count). The van der Waals surface area contributed by atoms with Gasteiger partial charge in [-0.2, -0.15) is 0 Å². The number of aliphatic carboxylic acids is 1. The first-order chi connectivity index (χ1) is 7.07. The zero-order valence-corrected chi connectivity index (χ0v) is 9.49. The minimum absolute atomic E-state index is 0.0582. The van der Waals surface area contributed by atoms with Crippen molar-refractivity contribution in [2.75, 3.05) is 26.4 Å². The number of nitrogens with one attached hydrogen (secondary N) is 1. The number of carboxylic acids is 1. The fraction of sp³-hybridized carbons (Fsp3) is 0.500. The molecule has 0 aromatic rings. The third-order valence-electron chi connectivity index (χ3n) is 1.23. The van der Waals surface area contributed by atoms with Crippen LogP contribution in [-0.2, 0) is 14.3 Å². The van der Waals surface area contributed by atoms with Crippen LogP contribution in [0.3, 0.4) is 0 Å². The molecule has 0 bridgehead atoms. The van der Waals surface area contributed by atoms with Crippen LogP contribution >= 0.6 is 15.9 Å². The second-order valence-corrected chi connectivity index (χ2v) is 3.28. The maximum absolute atomic E-state index is 11.1. The van der Waals surface area contributed by atoms with Crippen molar-refractivity contribution >= 4 is 27.8 Å². The maximum atomic E-state index is 11.1. The van der Waals surface area contributed by atoms with E-state index in [2.05, 4.69) is 21.2 Å². The predicted molar refractivity (Wildman–Crippen MR) is 55.6 cm³/mol. The van der Waals surface area contributed by atoms with Gasteiger partial charge in [-0.05, 0) is 15.9 Å². The van der Waals surface area contributed by atoms with E-state index in [4.69, 9.17) is 14.9 Å². The predicted octanol–water partition coefficient (Wildman–Crippen LogP) is -0.525. The highest BCUT2D eigenvalue weighted by Gasteiger charge is 2.06. The van der Waals surface area contributed by atoms with E-state index in [9.17, 15) is 9.59 Å². The van der Waals surface area contributed by atoms with Gasteiger partial charge in [-0.25, -0.2) is 4.79 Å². The first kappa shape index (κ1) is 14.1. The van der Waals surface area contributed by atoms with Gasteiger partial charge in [0.05, 0.1) is 24.3 Å². The van der Waals surface area contributed by atoms with Crippen LogP contribution in [0.25, 0.3) is 0 Å². The Morgan fingerprint density at radius 1 is 1.40 bits per heavy atom. The van der Waals surface area contributed by atoms with Crippen LogP contribution in [0.2, 0.25) is 0 Å². The Kier molecular flexibility index (Phi) is 7.88. The minimum Gasteiger partial charge on any atom is -0.478 e. The highest BCUT2D eigenvalue weighted by atomic mass is 79.9. The number of carboxylic acid groups (broad SMARTS) is 1. The summed E-state index contributed by atoms with van der Waals surface area (Å²) in [5, 5.41) is 19.1. The van der Waals surface area contributed by atoms with Crippen LogP contribution in [-0.4, -0.2) is 48.5 Å². The van der Waals surface area contributed by atoms with Gasteiger partial charge in [-0.3, -0.25) is 4.79 Å². The SMILES string of the molecule is O=C(O)/C=C(/Br)C(=O)NCCOCCO. The van der Waals surface area contributed by atoms with E-state index in [1.807, 2.05) is 0 Å². The molecule has 0 fully saturated rings. The molecule has 3 N–H and O–H groups in total. The van der Waals surface area contributed by atoms with Gasteiger partial charge in [-0.15, -0.1) is 0 Å². The van der Waals surface area contributed by atoms with E-state index < -0.39 is 11.9 Å². The molecule has 0 radical (unpaired) electrons. The van der Waals surface area contributed by atoms with Gasteiger partial charge in [0.25, 0.3) is 5.91 Å². The van der Waals surface area contributed by atoms with Crippen LogP contribution in [0.15, 0.2) is 10.6 Å². The number of halogens is 1. The van der Waals surface area contributed by atoms with Crippen LogP contribution in [0.4, 0.5) is 0 Å². The lowest BCUT2D eigenvalue weighted by molar-refractivity contribution is -0.131. The van der Waals surface area contributed by atoms with Crippen molar-refractivity contribution in [3.63, 3.8) is 0 Å². The van der Waals surface area contributed by atoms with E-state index in [1.54, 1.807) is 0 Å². The van der Waals surface area contributed by atoms with Gasteiger partial charge in [-0.1, -0.05) is 0 Å². The topological polar surface area (TPSA) is 95.9 Å². The molecule has 0 aromatic carbocycles. The summed E-state index contributed by atoms with van der Waals surface area (Å²) in [4.78, 5) is 21.3. The Labute approximate surface area is 95.0 Å². The molecule has 86 valence electrons. The fourth-order valence-electron chi connectivity index (χ4n) is 0.662. The second kappa shape index (κ2) is 8.39. The molecule has 1 amide bonds. The average Bonchev–Trinajstić information content (AvgIpc) is 2.16. The van der Waals surface area contributed by atoms with Crippen LogP contribution in [0, 0.1) is 0 Å². The molecule has 0 heterocycles. The van der Waals surface area contributed by atoms with E-state index in [-0.39, 0.29) is 30.8 Å². The molecular weight excluding hydrogens is 270 g/mol. The lowest BCUT2D eigenvalue weighted by Gasteiger charge is -2.04. The summed E-state index contributed by atoms with van der Waals surface area (Å²) in [5.74, 6) is -1.72. The molecule has 0 aliphatic rings. The summed E-state index contributed by atoms with van der Waals surface area (Å²) >= 11 is 2.81. The number of ether oxygens (including phenoxy) is 1. The molecule has 6 nitrogen and oxygen atoms in total. The van der Waals surface area contributed by atoms with E-state index in [0.717, 1.165) is 6.08 Å². The van der Waals surface area contributed by atoms with Crippen molar-refractivity contribution in [2.45, 2.75) is 0 Å². The van der Waals surface area contributed by atoms with Crippen LogP contribution < -0.4 is 5.32 Å². The van der Waals surface area contributed by atoms with Crippen molar-refractivity contribution in [1.29, 1.82) is 0 Å². The van der Waals surface area contributed by atoms with Crippen molar-refractivity contribution in [3.8, 4) is 0 Å². The number of hydrogen-bond acceptors (Lipinski definition) is 4. The Morgan fingerprint density at radius 2 is 2.07 bits per heavy atom. The number of carbonyl (C=O) groups is 2. The maximum Gasteiger partial charge on any atom is 0.329 e. The van der Waals surface area contributed by atoms with Crippen molar-refractivity contribution < 1.29 is 24.5 Å². The monoisotopic (exact) mass is 281 g/mol. The quantitative estimate of drug-likeness (QED) is 0.431. The lowest BCUT2D eigenvalue weighted by Crippen LogP contribution is -2.27. The zero-order chi connectivity index (χ0) is 11.7. The molecular formula is C8H12BrNO5. The average molecular weight is 282 g/mol. The number of carbonyl (C=O) groups excluding carboxylic acids is 1. The van der Waals surface area contributed by atoms with Crippen molar-refractivity contribution in [2.24, 2.45) is 0 Å². The molecule has 0 aliphatic heterocycles. The fourth-order valence-corrected chi connectivity index (χ4v) is 0.998. The van der Waals surface area contributed by atoms with E-state index in [1.165, 1.54) is 0 Å². The number of aliphatic hydroxyl groups is 1. The summed E-state index contributed by atoms with van der Waals surface area (Å²) in [7, 11) is 0. The van der Waals surface area contributed by atoms with Gasteiger partial charge in [0.1, 0.15) is 0 Å². The zero-order valence-electron chi connectivity index (χ0n) is 7.90. The Hall–Kier alpha value is -0.920. The highest BCUT2D eigenvalue weighted by Crippen LogP contribution is 2.03. The van der Waals surface area contributed by atoms with E-state index >= 15 is 0 Å². The standard InChI is InChI=1S/C8H12BrNO5/c9-6(5-7(12)13)8(14)10-1-3-15-4-2-11/h5,11H,1-4H2,(H,10,14)(H,12,13)/b6-5+. The number of hydrogen-bond donors (Lipinski definition) is 3. The summed E-state index contributed by atoms with van der Waals surface area (Å²) in [5.41, 5.74) is 0. The van der Waals surface area contributed by atoms with Crippen molar-refractivity contribution in [1.82, 2.24) is 5.32 Å². The first-order valence-electron chi connectivity index (χ1n) is 4.15. The molecule has 15 heavy (non-hydrogen) atoms. The number of rotatable bonds is 7. The minimum atomic E-state index is -1.20. The summed E-state index contributed by atoms with van der Waals surface area (Å²) in [6.45, 7) is 0.652. The molecule has 0 aliphatic carbocycles. The van der Waals surface area contributed by atoms with Gasteiger partial charge in [0.15, 0.2) is 0 Å². The van der Waals surface area contributed by atoms with Crippen LogP contribution in [0.5, 0.6) is 0 Å². The normalized spacial score (nSPS) is 11.2. The Morgan fingerprint density at radius 3 is 2.60 bits per heavy atom. The summed E-state index contributed by atoms with van der Waals surface area (Å²) < 4.78 is 4.82. The third-order valence-corrected chi connectivity index (χ3v) is 1.82. The van der Waals surface area contributed by atoms with Gasteiger partial charge < -0.3 is 20.3 Å². The number of amides is 1. The highest BCUT2D eigenvalue weighted by molar-refractivity contribution is 9.12. The molecule has 0 atom stereocenters. The van der Waals surface area contributed by atoms with Gasteiger partial charge in [0.2, 0.25) is 0 Å². The number of aliphatic hydroxyl groups excluding tert-OH is 1. The first-order valence-corrected chi connectivity index (χ1v) is 4.94.